The molecule has 0 bridgehead atoms. The lowest BCUT2D eigenvalue weighted by Gasteiger charge is -2.14. The first kappa shape index (κ1) is 15.4. The molecule has 1 atom stereocenters. The summed E-state index contributed by atoms with van der Waals surface area (Å²) in [5.74, 6) is -1.19. The first-order valence-electron chi connectivity index (χ1n) is 7.46. The molecule has 0 spiro atoms. The molecule has 0 saturated carbocycles. The van der Waals surface area contributed by atoms with Crippen LogP contribution in [0.15, 0.2) is 36.4 Å². The number of fused-ring (bicyclic) bond motifs is 1. The third-order valence-electron chi connectivity index (χ3n) is 3.90. The van der Waals surface area contributed by atoms with E-state index in [1.54, 1.807) is 12.1 Å². The number of nitrogens with zero attached hydrogens (tertiary/aromatic N) is 2. The van der Waals surface area contributed by atoms with Gasteiger partial charge in [-0.05, 0) is 30.7 Å². The van der Waals surface area contributed by atoms with Gasteiger partial charge in [0.2, 0.25) is 0 Å². The molecule has 3 rings (SSSR count). The number of hydrogen-bond donors (Lipinski definition) is 2. The van der Waals surface area contributed by atoms with Gasteiger partial charge in [-0.2, -0.15) is 0 Å². The second kappa shape index (κ2) is 5.96. The van der Waals surface area contributed by atoms with Crippen LogP contribution in [0.25, 0.3) is 22.4 Å². The lowest BCUT2D eigenvalue weighted by Crippen LogP contribution is -2.25. The number of aromatic nitrogens is 2. The third-order valence-corrected chi connectivity index (χ3v) is 3.90. The average Bonchev–Trinajstić information content (AvgIpc) is 2.86. The first-order chi connectivity index (χ1) is 11.0. The minimum absolute atomic E-state index is 0.104. The molecule has 0 radical (unpaired) electrons. The molecule has 23 heavy (non-hydrogen) atoms. The Labute approximate surface area is 132 Å². The lowest BCUT2D eigenvalue weighted by molar-refractivity contribution is 0.509. The van der Waals surface area contributed by atoms with Crippen LogP contribution < -0.4 is 11.5 Å². The van der Waals surface area contributed by atoms with Gasteiger partial charge in [-0.1, -0.05) is 6.92 Å². The zero-order chi connectivity index (χ0) is 16.6. The van der Waals surface area contributed by atoms with Crippen LogP contribution in [0.4, 0.5) is 14.5 Å². The van der Waals surface area contributed by atoms with Crippen LogP contribution in [0.3, 0.4) is 0 Å². The number of anilines is 1. The summed E-state index contributed by atoms with van der Waals surface area (Å²) in [6.07, 6.45) is 0.768. The average molecular weight is 316 g/mol. The molecule has 1 aromatic heterocycles. The number of nitrogen functional groups attached to an aromatic ring is 1. The molecule has 0 aliphatic heterocycles. The summed E-state index contributed by atoms with van der Waals surface area (Å²) in [6, 6.07) is 9.36. The number of benzene rings is 2. The van der Waals surface area contributed by atoms with Crippen LogP contribution >= 0.6 is 0 Å². The Morgan fingerprint density at radius 2 is 1.78 bits per heavy atom. The van der Waals surface area contributed by atoms with Gasteiger partial charge in [-0.3, -0.25) is 0 Å². The number of halogens is 2. The fourth-order valence-corrected chi connectivity index (χ4v) is 2.52. The molecule has 2 aromatic carbocycles. The van der Waals surface area contributed by atoms with E-state index in [0.717, 1.165) is 18.1 Å². The molecular weight excluding hydrogens is 298 g/mol. The SMILES string of the molecule is CCC(N)Cn1c(-c2ccc(N)cc2)nc2cc(F)c(F)cc21. The fourth-order valence-electron chi connectivity index (χ4n) is 2.52. The van der Waals surface area contributed by atoms with Crippen molar-refractivity contribution < 1.29 is 8.78 Å². The second-order valence-electron chi connectivity index (χ2n) is 5.59. The zero-order valence-corrected chi connectivity index (χ0v) is 12.8. The topological polar surface area (TPSA) is 69.9 Å². The molecule has 6 heteroatoms. The highest BCUT2D eigenvalue weighted by Gasteiger charge is 2.17. The Bertz CT molecular complexity index is 840. The van der Waals surface area contributed by atoms with Gasteiger partial charge in [0.25, 0.3) is 0 Å². The lowest BCUT2D eigenvalue weighted by atomic mass is 10.2. The molecule has 1 heterocycles. The number of hydrogen-bond acceptors (Lipinski definition) is 3. The van der Waals surface area contributed by atoms with Crippen molar-refractivity contribution in [1.29, 1.82) is 0 Å². The van der Waals surface area contributed by atoms with Crippen LogP contribution in [0.5, 0.6) is 0 Å². The van der Waals surface area contributed by atoms with Crippen LogP contribution in [0, 0.1) is 11.6 Å². The molecule has 4 nitrogen and oxygen atoms in total. The van der Waals surface area contributed by atoms with Gasteiger partial charge >= 0.3 is 0 Å². The highest BCUT2D eigenvalue weighted by Crippen LogP contribution is 2.27. The van der Waals surface area contributed by atoms with Crippen LogP contribution in [-0.2, 0) is 6.54 Å². The van der Waals surface area contributed by atoms with Crippen molar-refractivity contribution >= 4 is 16.7 Å². The molecule has 0 fully saturated rings. The van der Waals surface area contributed by atoms with Gasteiger partial charge in [0.1, 0.15) is 5.82 Å². The zero-order valence-electron chi connectivity index (χ0n) is 12.8. The Hall–Kier alpha value is -2.47. The number of rotatable bonds is 4. The van der Waals surface area contributed by atoms with E-state index in [0.29, 0.717) is 29.1 Å². The maximum Gasteiger partial charge on any atom is 0.161 e. The van der Waals surface area contributed by atoms with Crippen LogP contribution in [0.2, 0.25) is 0 Å². The van der Waals surface area contributed by atoms with Crippen LogP contribution in [0.1, 0.15) is 13.3 Å². The molecule has 0 saturated heterocycles. The monoisotopic (exact) mass is 316 g/mol. The number of nitrogens with two attached hydrogens (primary N) is 2. The van der Waals surface area contributed by atoms with Crippen molar-refractivity contribution in [3.8, 4) is 11.4 Å². The molecule has 0 amide bonds. The Morgan fingerprint density at radius 1 is 1.13 bits per heavy atom. The summed E-state index contributed by atoms with van der Waals surface area (Å²) < 4.78 is 29.0. The molecule has 3 aromatic rings. The predicted octanol–water partition coefficient (Wildman–Crippen LogP) is 3.30. The van der Waals surface area contributed by atoms with E-state index in [2.05, 4.69) is 4.98 Å². The largest absolute Gasteiger partial charge is 0.399 e. The standard InChI is InChI=1S/C17H18F2N4/c1-2-11(20)9-23-16-8-14(19)13(18)7-15(16)22-17(23)10-3-5-12(21)6-4-10/h3-8,11H,2,9,20-21H2,1H3. The van der Waals surface area contributed by atoms with Crippen LogP contribution in [-0.4, -0.2) is 15.6 Å². The maximum atomic E-state index is 13.6. The van der Waals surface area contributed by atoms with Crippen molar-refractivity contribution in [3.63, 3.8) is 0 Å². The summed E-state index contributed by atoms with van der Waals surface area (Å²) in [7, 11) is 0. The minimum atomic E-state index is -0.911. The first-order valence-corrected chi connectivity index (χ1v) is 7.46. The Kier molecular flexibility index (Phi) is 4.00. The summed E-state index contributed by atoms with van der Waals surface area (Å²) in [6.45, 7) is 2.45. The highest BCUT2D eigenvalue weighted by molar-refractivity contribution is 5.81. The van der Waals surface area contributed by atoms with E-state index < -0.39 is 11.6 Å². The van der Waals surface area contributed by atoms with Crippen molar-refractivity contribution in [3.05, 3.63) is 48.0 Å². The van der Waals surface area contributed by atoms with Crippen molar-refractivity contribution in [2.45, 2.75) is 25.9 Å². The van der Waals surface area contributed by atoms with Crippen molar-refractivity contribution in [1.82, 2.24) is 9.55 Å². The third kappa shape index (κ3) is 2.90. The van der Waals surface area contributed by atoms with E-state index >= 15 is 0 Å². The van der Waals surface area contributed by atoms with E-state index in [1.165, 1.54) is 6.07 Å². The minimum Gasteiger partial charge on any atom is -0.399 e. The fraction of sp³-hybridized carbons (Fsp3) is 0.235. The molecule has 4 N–H and O–H groups in total. The normalized spacial score (nSPS) is 12.7. The summed E-state index contributed by atoms with van der Waals surface area (Å²) in [4.78, 5) is 4.46. The van der Waals surface area contributed by atoms with E-state index in [9.17, 15) is 8.78 Å². The van der Waals surface area contributed by atoms with Crippen molar-refractivity contribution in [2.24, 2.45) is 5.73 Å². The summed E-state index contributed by atoms with van der Waals surface area (Å²) in [5.41, 5.74) is 14.2. The Morgan fingerprint density at radius 3 is 2.43 bits per heavy atom. The van der Waals surface area contributed by atoms with Gasteiger partial charge in [-0.25, -0.2) is 13.8 Å². The Balaban J connectivity index is 2.22. The van der Waals surface area contributed by atoms with Gasteiger partial charge in [0.15, 0.2) is 11.6 Å². The molecule has 0 aliphatic carbocycles. The van der Waals surface area contributed by atoms with E-state index in [4.69, 9.17) is 11.5 Å². The van der Waals surface area contributed by atoms with Gasteiger partial charge < -0.3 is 16.0 Å². The summed E-state index contributed by atoms with van der Waals surface area (Å²) >= 11 is 0. The maximum absolute atomic E-state index is 13.6. The highest BCUT2D eigenvalue weighted by atomic mass is 19.2. The second-order valence-corrected chi connectivity index (χ2v) is 5.59. The summed E-state index contributed by atoms with van der Waals surface area (Å²) in [5, 5.41) is 0. The predicted molar refractivity (Wildman–Crippen MR) is 87.8 cm³/mol. The quantitative estimate of drug-likeness (QED) is 0.726. The van der Waals surface area contributed by atoms with Gasteiger partial charge in [-0.15, -0.1) is 0 Å². The molecule has 0 aliphatic rings. The number of imidazole rings is 1. The van der Waals surface area contributed by atoms with Gasteiger partial charge in [0, 0.05) is 36.0 Å². The van der Waals surface area contributed by atoms with E-state index in [1.807, 2.05) is 23.6 Å². The van der Waals surface area contributed by atoms with E-state index in [-0.39, 0.29) is 6.04 Å². The molecule has 120 valence electrons. The smallest absolute Gasteiger partial charge is 0.161 e. The molecular formula is C17H18F2N4. The van der Waals surface area contributed by atoms with Crippen molar-refractivity contribution in [2.75, 3.05) is 5.73 Å². The van der Waals surface area contributed by atoms with Gasteiger partial charge in [0.05, 0.1) is 11.0 Å². The molecule has 1 unspecified atom stereocenters.